The zero-order valence-electron chi connectivity index (χ0n) is 8.84. The largest absolute Gasteiger partial charge is 0.491 e. The molecule has 0 aromatic heterocycles. The summed E-state index contributed by atoms with van der Waals surface area (Å²) in [6.45, 7) is 2.17. The number of allylic oxidation sites excluding steroid dienone is 1. The summed E-state index contributed by atoms with van der Waals surface area (Å²) in [6.07, 6.45) is 8.18. The third-order valence-corrected chi connectivity index (χ3v) is 2.53. The molecule has 0 spiro atoms. The zero-order chi connectivity index (χ0) is 9.97. The molecule has 1 saturated carbocycles. The molecule has 2 aliphatic rings. The summed E-state index contributed by atoms with van der Waals surface area (Å²) >= 11 is 0. The van der Waals surface area contributed by atoms with Crippen LogP contribution in [0.15, 0.2) is 23.7 Å². The van der Waals surface area contributed by atoms with Crippen LogP contribution in [0.2, 0.25) is 0 Å². The second-order valence-electron chi connectivity index (χ2n) is 3.85. The molecule has 78 valence electrons. The molecule has 3 heteroatoms. The van der Waals surface area contributed by atoms with E-state index in [1.807, 2.05) is 13.1 Å². The van der Waals surface area contributed by atoms with Crippen molar-refractivity contribution in [2.24, 2.45) is 0 Å². The van der Waals surface area contributed by atoms with Crippen molar-refractivity contribution in [1.82, 2.24) is 10.6 Å². The minimum absolute atomic E-state index is 0.399. The van der Waals surface area contributed by atoms with E-state index in [1.165, 1.54) is 12.8 Å². The summed E-state index contributed by atoms with van der Waals surface area (Å²) in [6, 6.07) is 0.399. The van der Waals surface area contributed by atoms with E-state index >= 15 is 0 Å². The van der Waals surface area contributed by atoms with Gasteiger partial charge in [0.05, 0.1) is 6.10 Å². The minimum atomic E-state index is 0.399. The molecule has 0 radical (unpaired) electrons. The first-order valence-electron chi connectivity index (χ1n) is 5.36. The maximum atomic E-state index is 5.77. The number of rotatable bonds is 4. The van der Waals surface area contributed by atoms with E-state index in [4.69, 9.17) is 4.74 Å². The predicted molar refractivity (Wildman–Crippen MR) is 56.5 cm³/mol. The third kappa shape index (κ3) is 2.22. The van der Waals surface area contributed by atoms with Gasteiger partial charge < -0.3 is 15.4 Å². The Kier molecular flexibility index (Phi) is 2.66. The van der Waals surface area contributed by atoms with Gasteiger partial charge >= 0.3 is 0 Å². The van der Waals surface area contributed by atoms with Crippen LogP contribution in [0.4, 0.5) is 0 Å². The van der Waals surface area contributed by atoms with Crippen molar-refractivity contribution in [3.05, 3.63) is 23.7 Å². The van der Waals surface area contributed by atoms with Crippen LogP contribution in [0.5, 0.6) is 0 Å². The van der Waals surface area contributed by atoms with Gasteiger partial charge in [-0.15, -0.1) is 0 Å². The molecule has 14 heavy (non-hydrogen) atoms. The summed E-state index contributed by atoms with van der Waals surface area (Å²) in [5, 5.41) is 6.49. The number of nitrogens with one attached hydrogen (secondary N) is 2. The van der Waals surface area contributed by atoms with Crippen LogP contribution in [-0.4, -0.2) is 19.2 Å². The van der Waals surface area contributed by atoms with Crippen molar-refractivity contribution in [2.75, 3.05) is 7.05 Å². The zero-order valence-corrected chi connectivity index (χ0v) is 8.84. The van der Waals surface area contributed by atoms with E-state index in [0.29, 0.717) is 12.1 Å². The monoisotopic (exact) mass is 194 g/mol. The van der Waals surface area contributed by atoms with Gasteiger partial charge in [-0.3, -0.25) is 0 Å². The molecule has 3 nitrogen and oxygen atoms in total. The van der Waals surface area contributed by atoms with Gasteiger partial charge in [-0.05, 0) is 25.3 Å². The van der Waals surface area contributed by atoms with Crippen LogP contribution in [0.3, 0.4) is 0 Å². The summed E-state index contributed by atoms with van der Waals surface area (Å²) in [5.41, 5.74) is 0. The van der Waals surface area contributed by atoms with Gasteiger partial charge in [0, 0.05) is 19.2 Å². The second kappa shape index (κ2) is 3.95. The normalized spacial score (nSPS) is 26.0. The van der Waals surface area contributed by atoms with Crippen molar-refractivity contribution >= 4 is 0 Å². The molecule has 1 atom stereocenters. The Labute approximate surface area is 85.2 Å². The SMILES string of the molecule is CCC1C=C(OC2CC2)C=C(NC)N1. The van der Waals surface area contributed by atoms with Gasteiger partial charge in [0.2, 0.25) is 0 Å². The molecular formula is C11H18N2O. The highest BCUT2D eigenvalue weighted by Crippen LogP contribution is 2.27. The molecule has 0 saturated heterocycles. The van der Waals surface area contributed by atoms with E-state index in [0.717, 1.165) is 18.0 Å². The smallest absolute Gasteiger partial charge is 0.121 e. The van der Waals surface area contributed by atoms with E-state index < -0.39 is 0 Å². The molecular weight excluding hydrogens is 176 g/mol. The third-order valence-electron chi connectivity index (χ3n) is 2.53. The first kappa shape index (κ1) is 9.44. The molecule has 0 amide bonds. The van der Waals surface area contributed by atoms with Gasteiger partial charge in [0.15, 0.2) is 0 Å². The molecule has 1 unspecified atom stereocenters. The van der Waals surface area contributed by atoms with Gasteiger partial charge in [-0.25, -0.2) is 0 Å². The van der Waals surface area contributed by atoms with Crippen LogP contribution >= 0.6 is 0 Å². The topological polar surface area (TPSA) is 33.3 Å². The van der Waals surface area contributed by atoms with Crippen LogP contribution in [0, 0.1) is 0 Å². The van der Waals surface area contributed by atoms with E-state index in [9.17, 15) is 0 Å². The predicted octanol–water partition coefficient (Wildman–Crippen LogP) is 1.49. The molecule has 0 aromatic rings. The summed E-state index contributed by atoms with van der Waals surface area (Å²) in [5.74, 6) is 2.07. The van der Waals surface area contributed by atoms with Gasteiger partial charge in [-0.2, -0.15) is 0 Å². The lowest BCUT2D eigenvalue weighted by Gasteiger charge is -2.23. The van der Waals surface area contributed by atoms with E-state index in [1.54, 1.807) is 0 Å². The lowest BCUT2D eigenvalue weighted by molar-refractivity contribution is 0.204. The summed E-state index contributed by atoms with van der Waals surface area (Å²) in [4.78, 5) is 0. The first-order valence-corrected chi connectivity index (χ1v) is 5.36. The Morgan fingerprint density at radius 2 is 2.36 bits per heavy atom. The Morgan fingerprint density at radius 3 is 2.93 bits per heavy atom. The Bertz CT molecular complexity index is 266. The van der Waals surface area contributed by atoms with Crippen molar-refractivity contribution in [1.29, 1.82) is 0 Å². The van der Waals surface area contributed by atoms with Crippen LogP contribution < -0.4 is 10.6 Å². The molecule has 2 N–H and O–H groups in total. The van der Waals surface area contributed by atoms with Crippen molar-refractivity contribution in [3.8, 4) is 0 Å². The standard InChI is InChI=1S/C11H18N2O/c1-3-8-6-10(14-9-4-5-9)7-11(12-2)13-8/h6-9,12-13H,3-5H2,1-2H3. The molecule has 1 heterocycles. The average Bonchev–Trinajstić information content (AvgIpc) is 3.01. The van der Waals surface area contributed by atoms with Crippen molar-refractivity contribution in [2.45, 2.75) is 38.3 Å². The number of hydrogen-bond donors (Lipinski definition) is 2. The fourth-order valence-electron chi connectivity index (χ4n) is 1.49. The van der Waals surface area contributed by atoms with Gasteiger partial charge in [0.25, 0.3) is 0 Å². The fourth-order valence-corrected chi connectivity index (χ4v) is 1.49. The summed E-state index contributed by atoms with van der Waals surface area (Å²) in [7, 11) is 1.92. The minimum Gasteiger partial charge on any atom is -0.491 e. The molecule has 1 aliphatic heterocycles. The van der Waals surface area contributed by atoms with Gasteiger partial charge in [0.1, 0.15) is 11.6 Å². The Balaban J connectivity index is 2.02. The number of hydrogen-bond acceptors (Lipinski definition) is 3. The lowest BCUT2D eigenvalue weighted by atomic mass is 10.1. The maximum Gasteiger partial charge on any atom is 0.121 e. The molecule has 1 fully saturated rings. The highest BCUT2D eigenvalue weighted by Gasteiger charge is 2.25. The number of dihydropyridines is 1. The van der Waals surface area contributed by atoms with Crippen molar-refractivity contribution < 1.29 is 4.74 Å². The Morgan fingerprint density at radius 1 is 1.57 bits per heavy atom. The maximum absolute atomic E-state index is 5.77. The highest BCUT2D eigenvalue weighted by atomic mass is 16.5. The van der Waals surface area contributed by atoms with Crippen molar-refractivity contribution in [3.63, 3.8) is 0 Å². The van der Waals surface area contributed by atoms with E-state index in [2.05, 4.69) is 23.6 Å². The highest BCUT2D eigenvalue weighted by molar-refractivity contribution is 5.25. The average molecular weight is 194 g/mol. The summed E-state index contributed by atoms with van der Waals surface area (Å²) < 4.78 is 5.77. The lowest BCUT2D eigenvalue weighted by Crippen LogP contribution is -2.34. The molecule has 0 aromatic carbocycles. The number of ether oxygens (including phenoxy) is 1. The van der Waals surface area contributed by atoms with Crippen LogP contribution in [0.25, 0.3) is 0 Å². The van der Waals surface area contributed by atoms with Gasteiger partial charge in [-0.1, -0.05) is 6.92 Å². The fraction of sp³-hybridized carbons (Fsp3) is 0.636. The second-order valence-corrected chi connectivity index (χ2v) is 3.85. The van der Waals surface area contributed by atoms with Crippen LogP contribution in [-0.2, 0) is 4.74 Å². The molecule has 0 bridgehead atoms. The van der Waals surface area contributed by atoms with E-state index in [-0.39, 0.29) is 0 Å². The Hall–Kier alpha value is -1.12. The van der Waals surface area contributed by atoms with Crippen LogP contribution in [0.1, 0.15) is 26.2 Å². The molecule has 1 aliphatic carbocycles. The quantitative estimate of drug-likeness (QED) is 0.711. The molecule has 2 rings (SSSR count). The first-order chi connectivity index (χ1) is 6.81.